The van der Waals surface area contributed by atoms with Crippen LogP contribution in [0.5, 0.6) is 0 Å². The summed E-state index contributed by atoms with van der Waals surface area (Å²) < 4.78 is 0. The number of nitrogens with zero attached hydrogens (tertiary/aromatic N) is 1. The van der Waals surface area contributed by atoms with Crippen LogP contribution in [0.15, 0.2) is 24.3 Å². The van der Waals surface area contributed by atoms with Gasteiger partial charge in [-0.05, 0) is 43.9 Å². The number of benzene rings is 1. The second-order valence-corrected chi connectivity index (χ2v) is 5.94. The molecular weight excluding hydrogens is 262 g/mol. The molecule has 0 spiro atoms. The Kier molecular flexibility index (Phi) is 5.35. The lowest BCUT2D eigenvalue weighted by molar-refractivity contribution is -0.118. The number of hydrogen-bond donors (Lipinski definition) is 2. The first kappa shape index (κ1) is 15.5. The molecule has 0 aromatic heterocycles. The lowest BCUT2D eigenvalue weighted by Crippen LogP contribution is -2.47. The third-order valence-corrected chi connectivity index (χ3v) is 4.23. The zero-order chi connectivity index (χ0) is 15.2. The van der Waals surface area contributed by atoms with Crippen LogP contribution in [0.2, 0.25) is 0 Å². The van der Waals surface area contributed by atoms with E-state index >= 15 is 0 Å². The number of amides is 1. The first-order valence-corrected chi connectivity index (χ1v) is 7.67. The molecule has 0 radical (unpaired) electrons. The van der Waals surface area contributed by atoms with Gasteiger partial charge in [-0.25, -0.2) is 0 Å². The van der Waals surface area contributed by atoms with Gasteiger partial charge in [-0.1, -0.05) is 25.8 Å². The molecule has 1 aliphatic rings. The van der Waals surface area contributed by atoms with Gasteiger partial charge in [0.05, 0.1) is 17.7 Å². The van der Waals surface area contributed by atoms with E-state index in [1.165, 1.54) is 19.3 Å². The smallest absolute Gasteiger partial charge is 0.241 e. The molecule has 21 heavy (non-hydrogen) atoms. The molecule has 2 N–H and O–H groups in total. The van der Waals surface area contributed by atoms with E-state index in [4.69, 9.17) is 5.26 Å². The lowest BCUT2D eigenvalue weighted by atomic mass is 9.85. The van der Waals surface area contributed by atoms with Crippen molar-refractivity contribution in [2.24, 2.45) is 5.92 Å². The zero-order valence-corrected chi connectivity index (χ0v) is 12.7. The van der Waals surface area contributed by atoms with Gasteiger partial charge in [0.1, 0.15) is 0 Å². The number of nitriles is 1. The molecule has 1 fully saturated rings. The molecule has 1 aliphatic carbocycles. The summed E-state index contributed by atoms with van der Waals surface area (Å²) in [6.45, 7) is 4.14. The molecule has 0 unspecified atom stereocenters. The number of rotatable bonds is 4. The van der Waals surface area contributed by atoms with E-state index in [-0.39, 0.29) is 11.9 Å². The average molecular weight is 285 g/mol. The number of carbonyl (C=O) groups excluding carboxylic acids is 1. The molecule has 1 aromatic rings. The van der Waals surface area contributed by atoms with Crippen molar-refractivity contribution in [2.75, 3.05) is 5.32 Å². The normalized spacial score (nSPS) is 23.1. The fourth-order valence-electron chi connectivity index (χ4n) is 2.88. The maximum atomic E-state index is 12.2. The van der Waals surface area contributed by atoms with E-state index < -0.39 is 0 Å². The summed E-state index contributed by atoms with van der Waals surface area (Å²) in [5.74, 6) is 0.568. The number of anilines is 1. The Morgan fingerprint density at radius 1 is 1.38 bits per heavy atom. The predicted molar refractivity (Wildman–Crippen MR) is 83.8 cm³/mol. The topological polar surface area (TPSA) is 64.9 Å². The second-order valence-electron chi connectivity index (χ2n) is 5.94. The Balaban J connectivity index is 1.91. The second kappa shape index (κ2) is 7.24. The highest BCUT2D eigenvalue weighted by Crippen LogP contribution is 2.24. The van der Waals surface area contributed by atoms with Crippen molar-refractivity contribution >= 4 is 11.6 Å². The van der Waals surface area contributed by atoms with Gasteiger partial charge in [0.2, 0.25) is 5.91 Å². The van der Waals surface area contributed by atoms with Crippen molar-refractivity contribution in [3.05, 3.63) is 29.8 Å². The Morgan fingerprint density at radius 3 is 2.86 bits per heavy atom. The Labute approximate surface area is 126 Å². The third-order valence-electron chi connectivity index (χ3n) is 4.23. The average Bonchev–Trinajstić information content (AvgIpc) is 2.49. The summed E-state index contributed by atoms with van der Waals surface area (Å²) in [4.78, 5) is 12.2. The highest BCUT2D eigenvalue weighted by molar-refractivity contribution is 5.94. The summed E-state index contributed by atoms with van der Waals surface area (Å²) in [5, 5.41) is 15.2. The molecule has 0 heterocycles. The van der Waals surface area contributed by atoms with Crippen LogP contribution in [0.3, 0.4) is 0 Å². The zero-order valence-electron chi connectivity index (χ0n) is 12.7. The first-order valence-electron chi connectivity index (χ1n) is 7.67. The quantitative estimate of drug-likeness (QED) is 0.893. The van der Waals surface area contributed by atoms with Crippen LogP contribution in [-0.2, 0) is 4.79 Å². The van der Waals surface area contributed by atoms with Crippen molar-refractivity contribution in [3.63, 3.8) is 0 Å². The van der Waals surface area contributed by atoms with Crippen molar-refractivity contribution in [3.8, 4) is 6.07 Å². The number of hydrogen-bond acceptors (Lipinski definition) is 3. The van der Waals surface area contributed by atoms with E-state index in [0.717, 1.165) is 6.42 Å². The third kappa shape index (κ3) is 4.30. The molecule has 2 rings (SSSR count). The van der Waals surface area contributed by atoms with Crippen LogP contribution in [0.1, 0.15) is 45.1 Å². The fraction of sp³-hybridized carbons (Fsp3) is 0.529. The minimum Gasteiger partial charge on any atom is -0.325 e. The SMILES string of the molecule is C[C@H](N[C@H]1CCCC[C@@H]1C)C(=O)Nc1cccc(C#N)c1. The summed E-state index contributed by atoms with van der Waals surface area (Å²) >= 11 is 0. The number of nitrogens with one attached hydrogen (secondary N) is 2. The largest absolute Gasteiger partial charge is 0.325 e. The minimum absolute atomic E-state index is 0.0529. The van der Waals surface area contributed by atoms with Crippen molar-refractivity contribution in [1.29, 1.82) is 5.26 Å². The highest BCUT2D eigenvalue weighted by Gasteiger charge is 2.24. The molecule has 4 nitrogen and oxygen atoms in total. The summed E-state index contributed by atoms with van der Waals surface area (Å²) in [6.07, 6.45) is 4.90. The fourth-order valence-corrected chi connectivity index (χ4v) is 2.88. The predicted octanol–water partition coefficient (Wildman–Crippen LogP) is 3.05. The standard InChI is InChI=1S/C17H23N3O/c1-12-6-3-4-9-16(12)19-13(2)17(21)20-15-8-5-7-14(10-15)11-18/h5,7-8,10,12-13,16,19H,3-4,6,9H2,1-2H3,(H,20,21)/t12-,13-,16-/m0/s1. The maximum Gasteiger partial charge on any atom is 0.241 e. The molecule has 0 bridgehead atoms. The van der Waals surface area contributed by atoms with Crippen molar-refractivity contribution in [2.45, 2.75) is 51.6 Å². The van der Waals surface area contributed by atoms with E-state index in [2.05, 4.69) is 23.6 Å². The Hall–Kier alpha value is -1.86. The summed E-state index contributed by atoms with van der Waals surface area (Å²) in [7, 11) is 0. The van der Waals surface area contributed by atoms with E-state index in [1.807, 2.05) is 6.92 Å². The highest BCUT2D eigenvalue weighted by atomic mass is 16.2. The first-order chi connectivity index (χ1) is 10.1. The maximum absolute atomic E-state index is 12.2. The molecule has 0 aliphatic heterocycles. The molecule has 3 atom stereocenters. The van der Waals surface area contributed by atoms with Crippen LogP contribution in [0.4, 0.5) is 5.69 Å². The van der Waals surface area contributed by atoms with Crippen LogP contribution in [0.25, 0.3) is 0 Å². The van der Waals surface area contributed by atoms with Crippen molar-refractivity contribution < 1.29 is 4.79 Å². The molecule has 4 heteroatoms. The van der Waals surface area contributed by atoms with E-state index in [9.17, 15) is 4.79 Å². The molecule has 1 aromatic carbocycles. The molecule has 1 saturated carbocycles. The van der Waals surface area contributed by atoms with Crippen LogP contribution < -0.4 is 10.6 Å². The lowest BCUT2D eigenvalue weighted by Gasteiger charge is -2.31. The van der Waals surface area contributed by atoms with Gasteiger partial charge < -0.3 is 10.6 Å². The Morgan fingerprint density at radius 2 is 2.14 bits per heavy atom. The van der Waals surface area contributed by atoms with Crippen molar-refractivity contribution in [1.82, 2.24) is 5.32 Å². The van der Waals surface area contributed by atoms with E-state index in [0.29, 0.717) is 23.2 Å². The Bertz CT molecular complexity index is 535. The summed E-state index contributed by atoms with van der Waals surface area (Å²) in [6, 6.07) is 9.25. The minimum atomic E-state index is -0.235. The van der Waals surface area contributed by atoms with Gasteiger partial charge in [-0.3, -0.25) is 4.79 Å². The van der Waals surface area contributed by atoms with Crippen LogP contribution in [-0.4, -0.2) is 18.0 Å². The van der Waals surface area contributed by atoms with Gasteiger partial charge in [-0.2, -0.15) is 5.26 Å². The van der Waals surface area contributed by atoms with Crippen LogP contribution in [0, 0.1) is 17.2 Å². The van der Waals surface area contributed by atoms with Gasteiger partial charge >= 0.3 is 0 Å². The van der Waals surface area contributed by atoms with Gasteiger partial charge in [0, 0.05) is 11.7 Å². The van der Waals surface area contributed by atoms with Gasteiger partial charge in [0.15, 0.2) is 0 Å². The molecule has 0 saturated heterocycles. The number of carbonyl (C=O) groups is 1. The molecular formula is C17H23N3O. The molecule has 1 amide bonds. The van der Waals surface area contributed by atoms with E-state index in [1.54, 1.807) is 24.3 Å². The summed E-state index contributed by atoms with van der Waals surface area (Å²) in [5.41, 5.74) is 1.22. The molecule has 112 valence electrons. The monoisotopic (exact) mass is 285 g/mol. The van der Waals surface area contributed by atoms with Gasteiger partial charge in [0.25, 0.3) is 0 Å². The van der Waals surface area contributed by atoms with Gasteiger partial charge in [-0.15, -0.1) is 0 Å². The van der Waals surface area contributed by atoms with Crippen LogP contribution >= 0.6 is 0 Å².